The summed E-state index contributed by atoms with van der Waals surface area (Å²) in [4.78, 5) is 12.7. The highest BCUT2D eigenvalue weighted by Gasteiger charge is 2.14. The zero-order valence-corrected chi connectivity index (χ0v) is 11.0. The normalized spacial score (nSPS) is 10.5. The van der Waals surface area contributed by atoms with E-state index in [4.69, 9.17) is 11.5 Å². The standard InChI is InChI=1S/C14H12N6O/c15-10-6-7-11(13(16)21)12(8-10)20-18-14(17-19-20)9-4-2-1-3-5-9/h1-8H,15H2,(H2,16,21). The average Bonchev–Trinajstić information content (AvgIpc) is 2.97. The van der Waals surface area contributed by atoms with E-state index >= 15 is 0 Å². The van der Waals surface area contributed by atoms with Gasteiger partial charge in [0.1, 0.15) is 5.69 Å². The Morgan fingerprint density at radius 2 is 1.86 bits per heavy atom. The molecule has 0 aliphatic heterocycles. The van der Waals surface area contributed by atoms with Gasteiger partial charge in [0.15, 0.2) is 0 Å². The maximum atomic E-state index is 11.5. The van der Waals surface area contributed by atoms with Gasteiger partial charge in [-0.15, -0.1) is 15.0 Å². The molecule has 7 nitrogen and oxygen atoms in total. The molecule has 104 valence electrons. The lowest BCUT2D eigenvalue weighted by Gasteiger charge is -2.05. The van der Waals surface area contributed by atoms with E-state index in [2.05, 4.69) is 15.4 Å². The van der Waals surface area contributed by atoms with Crippen molar-refractivity contribution < 1.29 is 4.79 Å². The Morgan fingerprint density at radius 3 is 2.57 bits per heavy atom. The number of nitrogens with zero attached hydrogens (tertiary/aromatic N) is 4. The number of primary amides is 1. The van der Waals surface area contributed by atoms with Gasteiger partial charge in [0.05, 0.1) is 5.56 Å². The summed E-state index contributed by atoms with van der Waals surface area (Å²) in [5, 5.41) is 12.2. The number of hydrogen-bond acceptors (Lipinski definition) is 5. The summed E-state index contributed by atoms with van der Waals surface area (Å²) >= 11 is 0. The molecule has 3 rings (SSSR count). The lowest BCUT2D eigenvalue weighted by Crippen LogP contribution is -2.16. The van der Waals surface area contributed by atoms with E-state index in [0.29, 0.717) is 17.2 Å². The molecule has 0 aliphatic carbocycles. The molecular weight excluding hydrogens is 268 g/mol. The van der Waals surface area contributed by atoms with Crippen molar-refractivity contribution in [2.24, 2.45) is 5.73 Å². The van der Waals surface area contributed by atoms with E-state index < -0.39 is 5.91 Å². The van der Waals surface area contributed by atoms with Crippen LogP contribution in [0.4, 0.5) is 5.69 Å². The quantitative estimate of drug-likeness (QED) is 0.695. The number of rotatable bonds is 3. The van der Waals surface area contributed by atoms with E-state index in [1.165, 1.54) is 4.80 Å². The Hall–Kier alpha value is -3.22. The molecule has 3 aromatic rings. The molecule has 0 atom stereocenters. The molecule has 0 saturated heterocycles. The van der Waals surface area contributed by atoms with E-state index in [-0.39, 0.29) is 5.56 Å². The van der Waals surface area contributed by atoms with Crippen LogP contribution in [0.25, 0.3) is 17.1 Å². The van der Waals surface area contributed by atoms with Gasteiger partial charge in [0.2, 0.25) is 5.82 Å². The van der Waals surface area contributed by atoms with Crippen LogP contribution in [0, 0.1) is 0 Å². The second kappa shape index (κ2) is 5.04. The third-order valence-electron chi connectivity index (χ3n) is 2.95. The van der Waals surface area contributed by atoms with E-state index in [1.807, 2.05) is 30.3 Å². The third-order valence-corrected chi connectivity index (χ3v) is 2.95. The number of amides is 1. The van der Waals surface area contributed by atoms with Crippen LogP contribution in [-0.2, 0) is 0 Å². The fourth-order valence-corrected chi connectivity index (χ4v) is 1.94. The molecule has 1 aromatic heterocycles. The topological polar surface area (TPSA) is 113 Å². The Balaban J connectivity index is 2.08. The van der Waals surface area contributed by atoms with Gasteiger partial charge < -0.3 is 11.5 Å². The highest BCUT2D eigenvalue weighted by molar-refractivity contribution is 5.97. The van der Waals surface area contributed by atoms with Crippen molar-refractivity contribution >= 4 is 11.6 Å². The number of benzene rings is 2. The van der Waals surface area contributed by atoms with Crippen LogP contribution in [0.1, 0.15) is 10.4 Å². The molecule has 0 fully saturated rings. The predicted molar refractivity (Wildman–Crippen MR) is 77.5 cm³/mol. The molecular formula is C14H12N6O. The van der Waals surface area contributed by atoms with Crippen molar-refractivity contribution in [3.63, 3.8) is 0 Å². The summed E-state index contributed by atoms with van der Waals surface area (Å²) in [6.07, 6.45) is 0. The molecule has 0 radical (unpaired) electrons. The first-order valence-electron chi connectivity index (χ1n) is 6.20. The summed E-state index contributed by atoms with van der Waals surface area (Å²) in [6, 6.07) is 14.1. The first-order chi connectivity index (χ1) is 10.1. The van der Waals surface area contributed by atoms with Gasteiger partial charge in [-0.3, -0.25) is 4.79 Å². The Kier molecular flexibility index (Phi) is 3.07. The van der Waals surface area contributed by atoms with Crippen LogP contribution in [0.5, 0.6) is 0 Å². The average molecular weight is 280 g/mol. The van der Waals surface area contributed by atoms with Crippen molar-refractivity contribution in [2.75, 3.05) is 5.73 Å². The zero-order valence-electron chi connectivity index (χ0n) is 11.0. The number of anilines is 1. The van der Waals surface area contributed by atoms with Crippen LogP contribution >= 0.6 is 0 Å². The van der Waals surface area contributed by atoms with Crippen LogP contribution < -0.4 is 11.5 Å². The summed E-state index contributed by atoms with van der Waals surface area (Å²) in [5.74, 6) is -0.128. The third kappa shape index (κ3) is 2.44. The van der Waals surface area contributed by atoms with Crippen molar-refractivity contribution in [3.8, 4) is 17.1 Å². The first-order valence-corrected chi connectivity index (χ1v) is 6.20. The van der Waals surface area contributed by atoms with Crippen molar-refractivity contribution in [2.45, 2.75) is 0 Å². The molecule has 1 amide bonds. The Bertz CT molecular complexity index is 796. The number of nitrogens with two attached hydrogens (primary N) is 2. The molecule has 1 heterocycles. The maximum absolute atomic E-state index is 11.5. The minimum atomic E-state index is -0.580. The molecule has 2 aromatic carbocycles. The summed E-state index contributed by atoms with van der Waals surface area (Å²) < 4.78 is 0. The van der Waals surface area contributed by atoms with Crippen LogP contribution in [0.3, 0.4) is 0 Å². The van der Waals surface area contributed by atoms with E-state index in [1.54, 1.807) is 18.2 Å². The van der Waals surface area contributed by atoms with Crippen molar-refractivity contribution in [1.82, 2.24) is 20.2 Å². The molecule has 21 heavy (non-hydrogen) atoms. The smallest absolute Gasteiger partial charge is 0.250 e. The number of nitrogen functional groups attached to an aromatic ring is 1. The molecule has 0 spiro atoms. The maximum Gasteiger partial charge on any atom is 0.250 e. The Labute approximate surface area is 120 Å². The van der Waals surface area contributed by atoms with Gasteiger partial charge in [-0.05, 0) is 23.4 Å². The minimum Gasteiger partial charge on any atom is -0.399 e. The number of carbonyl (C=O) groups excluding carboxylic acids is 1. The summed E-state index contributed by atoms with van der Waals surface area (Å²) in [6.45, 7) is 0. The van der Waals surface area contributed by atoms with Crippen molar-refractivity contribution in [1.29, 1.82) is 0 Å². The number of aromatic nitrogens is 4. The molecule has 0 bridgehead atoms. The number of carbonyl (C=O) groups is 1. The van der Waals surface area contributed by atoms with Crippen LogP contribution in [-0.4, -0.2) is 26.1 Å². The van der Waals surface area contributed by atoms with Crippen molar-refractivity contribution in [3.05, 3.63) is 54.1 Å². The highest BCUT2D eigenvalue weighted by Crippen LogP contribution is 2.18. The largest absolute Gasteiger partial charge is 0.399 e. The second-order valence-electron chi connectivity index (χ2n) is 4.41. The fraction of sp³-hybridized carbons (Fsp3) is 0. The van der Waals surface area contributed by atoms with E-state index in [0.717, 1.165) is 5.56 Å². The van der Waals surface area contributed by atoms with Gasteiger partial charge in [-0.25, -0.2) is 0 Å². The lowest BCUT2D eigenvalue weighted by molar-refractivity contribution is 0.1000. The minimum absolute atomic E-state index is 0.279. The van der Waals surface area contributed by atoms with Gasteiger partial charge in [-0.2, -0.15) is 0 Å². The molecule has 0 saturated carbocycles. The SMILES string of the molecule is NC(=O)c1ccc(N)cc1-n1nnc(-c2ccccc2)n1. The van der Waals surface area contributed by atoms with Crippen LogP contribution in [0.15, 0.2) is 48.5 Å². The van der Waals surface area contributed by atoms with Gasteiger partial charge in [0, 0.05) is 11.3 Å². The molecule has 7 heteroatoms. The van der Waals surface area contributed by atoms with Gasteiger partial charge in [0.25, 0.3) is 5.91 Å². The monoisotopic (exact) mass is 280 g/mol. The Morgan fingerprint density at radius 1 is 1.10 bits per heavy atom. The summed E-state index contributed by atoms with van der Waals surface area (Å²) in [5.41, 5.74) is 13.1. The first kappa shape index (κ1) is 12.8. The summed E-state index contributed by atoms with van der Waals surface area (Å²) in [7, 11) is 0. The van der Waals surface area contributed by atoms with Gasteiger partial charge >= 0.3 is 0 Å². The van der Waals surface area contributed by atoms with E-state index in [9.17, 15) is 4.79 Å². The zero-order chi connectivity index (χ0) is 14.8. The second-order valence-corrected chi connectivity index (χ2v) is 4.41. The number of tetrazole rings is 1. The highest BCUT2D eigenvalue weighted by atomic mass is 16.1. The predicted octanol–water partition coefficient (Wildman–Crippen LogP) is 1.01. The fourth-order valence-electron chi connectivity index (χ4n) is 1.94. The lowest BCUT2D eigenvalue weighted by atomic mass is 10.1. The van der Waals surface area contributed by atoms with Gasteiger partial charge in [-0.1, -0.05) is 30.3 Å². The molecule has 4 N–H and O–H groups in total. The molecule has 0 unspecified atom stereocenters. The molecule has 0 aliphatic rings. The van der Waals surface area contributed by atoms with Crippen LogP contribution in [0.2, 0.25) is 0 Å². The number of hydrogen-bond donors (Lipinski definition) is 2.